The highest BCUT2D eigenvalue weighted by molar-refractivity contribution is 5.51. The maximum Gasteiger partial charge on any atom is 0.145 e. The van der Waals surface area contributed by atoms with Gasteiger partial charge in [-0.25, -0.2) is 9.97 Å². The summed E-state index contributed by atoms with van der Waals surface area (Å²) in [5.41, 5.74) is 7.31. The van der Waals surface area contributed by atoms with Crippen LogP contribution in [0.5, 0.6) is 0 Å². The number of rotatable bonds is 1. The zero-order valence-electron chi connectivity index (χ0n) is 10.9. The van der Waals surface area contributed by atoms with E-state index in [2.05, 4.69) is 16.0 Å². The number of nitrogens with two attached hydrogens (primary N) is 1. The molecule has 0 unspecified atom stereocenters. The summed E-state index contributed by atoms with van der Waals surface area (Å²) >= 11 is 0. The Balaban J connectivity index is 1.77. The number of hydrogen-bond acceptors (Lipinski definition) is 4. The molecule has 0 atom stereocenters. The van der Waals surface area contributed by atoms with Crippen LogP contribution in [-0.4, -0.2) is 9.97 Å². The minimum Gasteiger partial charge on any atom is -0.382 e. The molecule has 4 fully saturated rings. The lowest BCUT2D eigenvalue weighted by Crippen LogP contribution is -2.44. The molecule has 0 saturated heterocycles. The fraction of sp³-hybridized carbons (Fsp3) is 0.667. The second-order valence-corrected chi connectivity index (χ2v) is 6.59. The minimum atomic E-state index is 0.348. The summed E-state index contributed by atoms with van der Waals surface area (Å²) in [7, 11) is 0. The fourth-order valence-electron chi connectivity index (χ4n) is 5.15. The van der Waals surface area contributed by atoms with Crippen LogP contribution in [0.1, 0.15) is 49.3 Å². The molecule has 4 bridgehead atoms. The maximum absolute atomic E-state index is 9.34. The van der Waals surface area contributed by atoms with Gasteiger partial charge in [0.2, 0.25) is 0 Å². The van der Waals surface area contributed by atoms with Gasteiger partial charge in [-0.3, -0.25) is 0 Å². The van der Waals surface area contributed by atoms with E-state index in [-0.39, 0.29) is 0 Å². The lowest BCUT2D eigenvalue weighted by atomic mass is 9.51. The summed E-state index contributed by atoms with van der Waals surface area (Å²) in [5.74, 6) is 4.11. The normalized spacial score (nSPS) is 39.2. The van der Waals surface area contributed by atoms with Crippen LogP contribution in [0.4, 0.5) is 5.82 Å². The van der Waals surface area contributed by atoms with E-state index in [9.17, 15) is 5.26 Å². The van der Waals surface area contributed by atoms with Crippen molar-refractivity contribution in [3.05, 3.63) is 17.6 Å². The van der Waals surface area contributed by atoms with Crippen LogP contribution in [0, 0.1) is 35.0 Å². The van der Waals surface area contributed by atoms with Crippen molar-refractivity contribution in [1.82, 2.24) is 9.97 Å². The first kappa shape index (κ1) is 11.2. The van der Waals surface area contributed by atoms with Crippen molar-refractivity contribution in [3.63, 3.8) is 0 Å². The largest absolute Gasteiger partial charge is 0.382 e. The average molecular weight is 254 g/mol. The third kappa shape index (κ3) is 1.57. The molecular formula is C15H18N4. The number of nitriles is 1. The van der Waals surface area contributed by atoms with E-state index in [4.69, 9.17) is 5.73 Å². The van der Waals surface area contributed by atoms with E-state index in [0.29, 0.717) is 17.3 Å². The van der Waals surface area contributed by atoms with Crippen molar-refractivity contribution in [2.75, 3.05) is 5.73 Å². The molecule has 98 valence electrons. The first-order valence-electron chi connectivity index (χ1n) is 7.26. The highest BCUT2D eigenvalue weighted by Crippen LogP contribution is 2.59. The number of anilines is 1. The zero-order chi connectivity index (χ0) is 13.0. The van der Waals surface area contributed by atoms with Crippen LogP contribution in [0.3, 0.4) is 0 Å². The molecule has 0 aliphatic heterocycles. The summed E-state index contributed by atoms with van der Waals surface area (Å²) in [4.78, 5) is 8.41. The molecule has 1 aromatic rings. The van der Waals surface area contributed by atoms with Crippen LogP contribution in [0.25, 0.3) is 0 Å². The molecule has 4 saturated carbocycles. The van der Waals surface area contributed by atoms with Gasteiger partial charge in [0, 0.05) is 5.92 Å². The number of hydrogen-bond donors (Lipinski definition) is 1. The molecule has 0 spiro atoms. The van der Waals surface area contributed by atoms with Gasteiger partial charge in [-0.1, -0.05) is 0 Å². The predicted octanol–water partition coefficient (Wildman–Crippen LogP) is 2.47. The van der Waals surface area contributed by atoms with Crippen molar-refractivity contribution in [2.24, 2.45) is 23.7 Å². The van der Waals surface area contributed by atoms with Crippen LogP contribution < -0.4 is 5.73 Å². The Morgan fingerprint density at radius 3 is 2.26 bits per heavy atom. The van der Waals surface area contributed by atoms with Crippen LogP contribution in [0.15, 0.2) is 6.33 Å². The van der Waals surface area contributed by atoms with E-state index in [1.54, 1.807) is 0 Å². The summed E-state index contributed by atoms with van der Waals surface area (Å²) in [6.45, 7) is 0. The summed E-state index contributed by atoms with van der Waals surface area (Å²) in [6, 6.07) is 2.22. The van der Waals surface area contributed by atoms with E-state index in [1.165, 1.54) is 38.4 Å². The molecule has 19 heavy (non-hydrogen) atoms. The molecule has 2 N–H and O–H groups in total. The van der Waals surface area contributed by atoms with Crippen molar-refractivity contribution in [3.8, 4) is 6.07 Å². The molecular weight excluding hydrogens is 236 g/mol. The smallest absolute Gasteiger partial charge is 0.145 e. The minimum absolute atomic E-state index is 0.348. The Labute approximate surface area is 113 Å². The quantitative estimate of drug-likeness (QED) is 0.835. The summed E-state index contributed by atoms with van der Waals surface area (Å²) in [6.07, 6.45) is 8.27. The van der Waals surface area contributed by atoms with Gasteiger partial charge < -0.3 is 5.73 Å². The monoisotopic (exact) mass is 254 g/mol. The SMILES string of the molecule is N#Cc1c(N)ncnc1C1C2CC3CC(C2)CC1C3. The van der Waals surface area contributed by atoms with E-state index >= 15 is 0 Å². The Kier molecular flexibility index (Phi) is 2.32. The van der Waals surface area contributed by atoms with Crippen molar-refractivity contribution >= 4 is 5.82 Å². The van der Waals surface area contributed by atoms with Gasteiger partial charge in [0.25, 0.3) is 0 Å². The molecule has 1 aromatic heterocycles. The Morgan fingerprint density at radius 1 is 1.05 bits per heavy atom. The van der Waals surface area contributed by atoms with Gasteiger partial charge in [-0.2, -0.15) is 5.26 Å². The lowest BCUT2D eigenvalue weighted by molar-refractivity contribution is -0.00426. The van der Waals surface area contributed by atoms with Gasteiger partial charge in [-0.15, -0.1) is 0 Å². The van der Waals surface area contributed by atoms with Gasteiger partial charge in [-0.05, 0) is 55.8 Å². The first-order valence-corrected chi connectivity index (χ1v) is 7.26. The second kappa shape index (κ2) is 3.93. The summed E-state index contributed by atoms with van der Waals surface area (Å²) < 4.78 is 0. The highest BCUT2D eigenvalue weighted by atomic mass is 14.9. The second-order valence-electron chi connectivity index (χ2n) is 6.59. The van der Waals surface area contributed by atoms with Crippen LogP contribution in [-0.2, 0) is 0 Å². The Morgan fingerprint density at radius 2 is 1.68 bits per heavy atom. The van der Waals surface area contributed by atoms with Crippen LogP contribution in [0.2, 0.25) is 0 Å². The Bertz CT molecular complexity index is 532. The standard InChI is InChI=1S/C15H18N4/c16-6-12-14(18-7-19-15(12)17)13-10-2-8-1-9(4-10)5-11(13)3-8/h7-11,13H,1-5H2,(H2,17,18,19). The molecule has 4 heteroatoms. The van der Waals surface area contributed by atoms with Crippen LogP contribution >= 0.6 is 0 Å². The molecule has 1 heterocycles. The molecule has 4 aliphatic rings. The zero-order valence-corrected chi connectivity index (χ0v) is 10.9. The topological polar surface area (TPSA) is 75.6 Å². The molecule has 0 amide bonds. The fourth-order valence-corrected chi connectivity index (χ4v) is 5.15. The molecule has 5 rings (SSSR count). The van der Waals surface area contributed by atoms with Gasteiger partial charge in [0.05, 0.1) is 5.69 Å². The van der Waals surface area contributed by atoms with E-state index < -0.39 is 0 Å². The third-order valence-electron chi connectivity index (χ3n) is 5.56. The Hall–Kier alpha value is -1.63. The van der Waals surface area contributed by atoms with Crippen molar-refractivity contribution < 1.29 is 0 Å². The third-order valence-corrected chi connectivity index (χ3v) is 5.56. The lowest BCUT2D eigenvalue weighted by Gasteiger charge is -2.54. The average Bonchev–Trinajstić information content (AvgIpc) is 2.37. The molecule has 0 aromatic carbocycles. The van der Waals surface area contributed by atoms with Gasteiger partial charge >= 0.3 is 0 Å². The summed E-state index contributed by atoms with van der Waals surface area (Å²) in [5, 5.41) is 9.34. The van der Waals surface area contributed by atoms with Gasteiger partial charge in [0.1, 0.15) is 23.8 Å². The number of nitrogen functional groups attached to an aromatic ring is 1. The molecule has 4 aliphatic carbocycles. The molecule has 0 radical (unpaired) electrons. The van der Waals surface area contributed by atoms with Crippen molar-refractivity contribution in [1.29, 1.82) is 5.26 Å². The first-order chi connectivity index (χ1) is 9.26. The number of aromatic nitrogens is 2. The van der Waals surface area contributed by atoms with Gasteiger partial charge in [0.15, 0.2) is 0 Å². The van der Waals surface area contributed by atoms with E-state index in [0.717, 1.165) is 29.4 Å². The number of nitrogens with zero attached hydrogens (tertiary/aromatic N) is 3. The molecule has 4 nitrogen and oxygen atoms in total. The maximum atomic E-state index is 9.34. The predicted molar refractivity (Wildman–Crippen MR) is 70.9 cm³/mol. The highest BCUT2D eigenvalue weighted by Gasteiger charge is 2.49. The van der Waals surface area contributed by atoms with E-state index in [1.807, 2.05) is 0 Å². The van der Waals surface area contributed by atoms with Crippen molar-refractivity contribution in [2.45, 2.75) is 38.0 Å².